The number of carbonyl (C=O) groups excluding carboxylic acids is 1. The Morgan fingerprint density at radius 2 is 2.29 bits per heavy atom. The van der Waals surface area contributed by atoms with Gasteiger partial charge in [-0.2, -0.15) is 0 Å². The van der Waals surface area contributed by atoms with E-state index in [1.807, 2.05) is 0 Å². The number of esters is 1. The van der Waals surface area contributed by atoms with E-state index in [9.17, 15) is 9.18 Å². The lowest BCUT2D eigenvalue weighted by molar-refractivity contribution is -0.137. The van der Waals surface area contributed by atoms with Crippen molar-refractivity contribution >= 4 is 27.6 Å². The third-order valence-corrected chi connectivity index (χ3v) is 2.53. The summed E-state index contributed by atoms with van der Waals surface area (Å²) in [5, 5.41) is 2.90. The first-order valence-corrected chi connectivity index (χ1v) is 5.89. The summed E-state index contributed by atoms with van der Waals surface area (Å²) in [6, 6.07) is 4.64. The standard InChI is InChI=1S/C12H13BrFNO2/c1-3-17-12(16)6-8(2)15-9-4-5-10(13)11(14)7-9/h4-7,15H,3H2,1-2H3/b8-6-. The van der Waals surface area contributed by atoms with Crippen molar-refractivity contribution in [3.63, 3.8) is 0 Å². The molecule has 1 aromatic carbocycles. The van der Waals surface area contributed by atoms with Crippen molar-refractivity contribution in [2.24, 2.45) is 0 Å². The van der Waals surface area contributed by atoms with Crippen molar-refractivity contribution in [1.82, 2.24) is 0 Å². The van der Waals surface area contributed by atoms with Crippen molar-refractivity contribution < 1.29 is 13.9 Å². The van der Waals surface area contributed by atoms with Gasteiger partial charge < -0.3 is 10.1 Å². The van der Waals surface area contributed by atoms with Crippen LogP contribution in [0, 0.1) is 5.82 Å². The molecule has 0 unspecified atom stereocenters. The number of anilines is 1. The molecular formula is C12H13BrFNO2. The zero-order valence-corrected chi connectivity index (χ0v) is 11.2. The smallest absolute Gasteiger partial charge is 0.332 e. The van der Waals surface area contributed by atoms with Gasteiger partial charge in [-0.1, -0.05) is 0 Å². The number of allylic oxidation sites excluding steroid dienone is 1. The van der Waals surface area contributed by atoms with Crippen LogP contribution in [0.3, 0.4) is 0 Å². The van der Waals surface area contributed by atoms with Crippen molar-refractivity contribution in [2.75, 3.05) is 11.9 Å². The predicted octanol–water partition coefficient (Wildman–Crippen LogP) is 3.47. The number of rotatable bonds is 4. The van der Waals surface area contributed by atoms with Crippen LogP contribution in [0.1, 0.15) is 13.8 Å². The van der Waals surface area contributed by atoms with Gasteiger partial charge in [0.2, 0.25) is 0 Å². The van der Waals surface area contributed by atoms with Crippen LogP contribution in [0.4, 0.5) is 10.1 Å². The lowest BCUT2D eigenvalue weighted by Gasteiger charge is -2.07. The average Bonchev–Trinajstić information content (AvgIpc) is 2.23. The Hall–Kier alpha value is -1.36. The summed E-state index contributed by atoms with van der Waals surface area (Å²) in [5.41, 5.74) is 1.16. The Bertz CT molecular complexity index is 446. The fourth-order valence-electron chi connectivity index (χ4n) is 1.20. The Labute approximate surface area is 108 Å². The summed E-state index contributed by atoms with van der Waals surface area (Å²) in [4.78, 5) is 11.1. The molecule has 1 rings (SSSR count). The quantitative estimate of drug-likeness (QED) is 0.683. The molecule has 3 nitrogen and oxygen atoms in total. The van der Waals surface area contributed by atoms with E-state index in [2.05, 4.69) is 21.2 Å². The van der Waals surface area contributed by atoms with E-state index in [0.29, 0.717) is 22.5 Å². The maximum Gasteiger partial charge on any atom is 0.332 e. The number of benzene rings is 1. The largest absolute Gasteiger partial charge is 0.463 e. The lowest BCUT2D eigenvalue weighted by atomic mass is 10.3. The van der Waals surface area contributed by atoms with Crippen LogP contribution in [0.25, 0.3) is 0 Å². The monoisotopic (exact) mass is 301 g/mol. The molecular weight excluding hydrogens is 289 g/mol. The molecule has 0 radical (unpaired) electrons. The molecule has 0 spiro atoms. The van der Waals surface area contributed by atoms with Gasteiger partial charge in [0.05, 0.1) is 11.1 Å². The summed E-state index contributed by atoms with van der Waals surface area (Å²) < 4.78 is 18.4. The molecule has 1 aromatic rings. The Kier molecular flexibility index (Phi) is 5.15. The van der Waals surface area contributed by atoms with Crippen LogP contribution in [0.5, 0.6) is 0 Å². The molecule has 0 aliphatic rings. The highest BCUT2D eigenvalue weighted by Gasteiger charge is 2.02. The number of hydrogen-bond acceptors (Lipinski definition) is 3. The van der Waals surface area contributed by atoms with Gasteiger partial charge in [0.1, 0.15) is 5.82 Å². The molecule has 0 heterocycles. The fourth-order valence-corrected chi connectivity index (χ4v) is 1.44. The zero-order valence-electron chi connectivity index (χ0n) is 9.59. The van der Waals surface area contributed by atoms with E-state index in [4.69, 9.17) is 4.74 Å². The third kappa shape index (κ3) is 4.56. The van der Waals surface area contributed by atoms with Gasteiger partial charge in [-0.05, 0) is 48.0 Å². The molecule has 0 aliphatic heterocycles. The minimum atomic E-state index is -0.421. The first-order chi connectivity index (χ1) is 8.02. The van der Waals surface area contributed by atoms with E-state index >= 15 is 0 Å². The van der Waals surface area contributed by atoms with Crippen LogP contribution in [-0.2, 0) is 9.53 Å². The average molecular weight is 302 g/mol. The summed E-state index contributed by atoms with van der Waals surface area (Å²) in [5.74, 6) is -0.783. The maximum atomic E-state index is 13.2. The van der Waals surface area contributed by atoms with Gasteiger partial charge in [-0.15, -0.1) is 0 Å². The molecule has 5 heteroatoms. The van der Waals surface area contributed by atoms with Crippen molar-refractivity contribution in [3.8, 4) is 0 Å². The zero-order chi connectivity index (χ0) is 12.8. The minimum absolute atomic E-state index is 0.329. The van der Waals surface area contributed by atoms with Gasteiger partial charge in [0.15, 0.2) is 0 Å². The molecule has 17 heavy (non-hydrogen) atoms. The molecule has 0 aliphatic carbocycles. The Morgan fingerprint density at radius 3 is 2.88 bits per heavy atom. The first-order valence-electron chi connectivity index (χ1n) is 5.10. The van der Waals surface area contributed by atoms with Crippen LogP contribution in [-0.4, -0.2) is 12.6 Å². The second-order valence-corrected chi connectivity index (χ2v) is 4.19. The van der Waals surface area contributed by atoms with Crippen LogP contribution in [0.2, 0.25) is 0 Å². The minimum Gasteiger partial charge on any atom is -0.463 e. The SMILES string of the molecule is CCOC(=O)/C=C(/C)Nc1ccc(Br)c(F)c1. The molecule has 0 saturated heterocycles. The van der Waals surface area contributed by atoms with Crippen molar-refractivity contribution in [2.45, 2.75) is 13.8 Å². The second kappa shape index (κ2) is 6.39. The molecule has 0 saturated carbocycles. The van der Waals surface area contributed by atoms with Gasteiger partial charge >= 0.3 is 5.97 Å². The molecule has 0 aromatic heterocycles. The van der Waals surface area contributed by atoms with E-state index in [1.165, 1.54) is 12.1 Å². The van der Waals surface area contributed by atoms with Crippen LogP contribution in [0.15, 0.2) is 34.4 Å². The Morgan fingerprint density at radius 1 is 1.59 bits per heavy atom. The first kappa shape index (κ1) is 13.7. The van der Waals surface area contributed by atoms with Crippen molar-refractivity contribution in [1.29, 1.82) is 0 Å². The lowest BCUT2D eigenvalue weighted by Crippen LogP contribution is -2.04. The normalized spacial score (nSPS) is 11.2. The number of nitrogens with one attached hydrogen (secondary N) is 1. The summed E-state index contributed by atoms with van der Waals surface area (Å²) >= 11 is 3.06. The third-order valence-electron chi connectivity index (χ3n) is 1.88. The van der Waals surface area contributed by atoms with Gasteiger partial charge in [0, 0.05) is 17.5 Å². The van der Waals surface area contributed by atoms with Crippen LogP contribution < -0.4 is 5.32 Å². The number of ether oxygens (including phenoxy) is 1. The fraction of sp³-hybridized carbons (Fsp3) is 0.250. The molecule has 92 valence electrons. The number of halogens is 2. The van der Waals surface area contributed by atoms with E-state index < -0.39 is 5.97 Å². The molecule has 0 atom stereocenters. The summed E-state index contributed by atoms with van der Waals surface area (Å²) in [7, 11) is 0. The van der Waals surface area contributed by atoms with Gasteiger partial charge in [0.25, 0.3) is 0 Å². The molecule has 0 bridgehead atoms. The molecule has 0 amide bonds. The van der Waals surface area contributed by atoms with Gasteiger partial charge in [-0.25, -0.2) is 9.18 Å². The molecule has 1 N–H and O–H groups in total. The Balaban J connectivity index is 2.70. The predicted molar refractivity (Wildman–Crippen MR) is 68.1 cm³/mol. The van der Waals surface area contributed by atoms with E-state index in [0.717, 1.165) is 0 Å². The number of carbonyl (C=O) groups is 1. The van der Waals surface area contributed by atoms with Gasteiger partial charge in [-0.3, -0.25) is 0 Å². The van der Waals surface area contributed by atoms with Crippen molar-refractivity contribution in [3.05, 3.63) is 40.3 Å². The highest BCUT2D eigenvalue weighted by atomic mass is 79.9. The summed E-state index contributed by atoms with van der Waals surface area (Å²) in [6.45, 7) is 3.77. The summed E-state index contributed by atoms with van der Waals surface area (Å²) in [6.07, 6.45) is 1.32. The van der Waals surface area contributed by atoms with Crippen LogP contribution >= 0.6 is 15.9 Å². The van der Waals surface area contributed by atoms with E-state index in [1.54, 1.807) is 26.0 Å². The molecule has 0 fully saturated rings. The number of hydrogen-bond donors (Lipinski definition) is 1. The second-order valence-electron chi connectivity index (χ2n) is 3.33. The van der Waals surface area contributed by atoms with E-state index in [-0.39, 0.29) is 5.82 Å². The highest BCUT2D eigenvalue weighted by molar-refractivity contribution is 9.10. The highest BCUT2D eigenvalue weighted by Crippen LogP contribution is 2.20. The topological polar surface area (TPSA) is 38.3 Å². The maximum absolute atomic E-state index is 13.2.